The van der Waals surface area contributed by atoms with Gasteiger partial charge in [-0.2, -0.15) is 0 Å². The summed E-state index contributed by atoms with van der Waals surface area (Å²) in [5.41, 5.74) is 2.60. The quantitative estimate of drug-likeness (QED) is 0.668. The second-order valence-electron chi connectivity index (χ2n) is 4.46. The second-order valence-corrected chi connectivity index (χ2v) is 4.46. The number of aryl methyl sites for hydroxylation is 1. The van der Waals surface area contributed by atoms with Crippen LogP contribution in [0.4, 0.5) is 11.4 Å². The van der Waals surface area contributed by atoms with Gasteiger partial charge < -0.3 is 10.1 Å². The van der Waals surface area contributed by atoms with Gasteiger partial charge in [0.15, 0.2) is 0 Å². The Bertz CT molecular complexity index is 609. The molecule has 0 heterocycles. The predicted octanol–water partition coefficient (Wildman–Crippen LogP) is 3.52. The molecule has 0 saturated carbocycles. The zero-order valence-electron chi connectivity index (χ0n) is 11.4. The van der Waals surface area contributed by atoms with Crippen molar-refractivity contribution in [2.24, 2.45) is 0 Å². The highest BCUT2D eigenvalue weighted by molar-refractivity contribution is 5.55. The smallest absolute Gasteiger partial charge is 0.274 e. The van der Waals surface area contributed by atoms with Gasteiger partial charge in [0.05, 0.1) is 12.0 Å². The third-order valence-electron chi connectivity index (χ3n) is 3.06. The molecule has 2 rings (SSSR count). The topological polar surface area (TPSA) is 64.4 Å². The Morgan fingerprint density at radius 3 is 2.50 bits per heavy atom. The number of nitro benzene ring substituents is 1. The van der Waals surface area contributed by atoms with Gasteiger partial charge in [-0.3, -0.25) is 10.1 Å². The summed E-state index contributed by atoms with van der Waals surface area (Å²) in [6, 6.07) is 12.8. The number of nitrogens with zero attached hydrogens (tertiary/aromatic N) is 1. The highest BCUT2D eigenvalue weighted by Gasteiger charge is 2.10. The Labute approximate surface area is 117 Å². The van der Waals surface area contributed by atoms with E-state index in [0.29, 0.717) is 12.1 Å². The Balaban J connectivity index is 2.06. The molecule has 0 saturated heterocycles. The maximum Gasteiger partial charge on any atom is 0.274 e. The highest BCUT2D eigenvalue weighted by Crippen LogP contribution is 2.22. The first-order valence-corrected chi connectivity index (χ1v) is 6.22. The molecule has 0 amide bonds. The van der Waals surface area contributed by atoms with Crippen LogP contribution in [0.25, 0.3) is 0 Å². The van der Waals surface area contributed by atoms with Gasteiger partial charge in [-0.25, -0.2) is 0 Å². The maximum atomic E-state index is 10.9. The van der Waals surface area contributed by atoms with Gasteiger partial charge in [-0.15, -0.1) is 0 Å². The van der Waals surface area contributed by atoms with Crippen LogP contribution in [-0.2, 0) is 6.54 Å². The van der Waals surface area contributed by atoms with Crippen molar-refractivity contribution in [3.05, 3.63) is 63.7 Å². The number of hydrogen-bond donors (Lipinski definition) is 1. The van der Waals surface area contributed by atoms with Crippen molar-refractivity contribution in [1.29, 1.82) is 0 Å². The van der Waals surface area contributed by atoms with E-state index in [-0.39, 0.29) is 10.6 Å². The molecule has 0 aliphatic heterocycles. The molecule has 0 bridgehead atoms. The maximum absolute atomic E-state index is 10.9. The van der Waals surface area contributed by atoms with E-state index in [2.05, 4.69) is 5.32 Å². The van der Waals surface area contributed by atoms with E-state index < -0.39 is 0 Å². The summed E-state index contributed by atoms with van der Waals surface area (Å²) < 4.78 is 5.09. The van der Waals surface area contributed by atoms with Crippen LogP contribution in [0.3, 0.4) is 0 Å². The molecule has 0 aliphatic carbocycles. The number of rotatable bonds is 5. The molecule has 104 valence electrons. The zero-order chi connectivity index (χ0) is 14.5. The van der Waals surface area contributed by atoms with Crippen LogP contribution < -0.4 is 10.1 Å². The first kappa shape index (κ1) is 13.9. The van der Waals surface area contributed by atoms with Gasteiger partial charge in [0.2, 0.25) is 0 Å². The van der Waals surface area contributed by atoms with Crippen LogP contribution in [0.15, 0.2) is 42.5 Å². The van der Waals surface area contributed by atoms with Crippen molar-refractivity contribution in [3.8, 4) is 5.75 Å². The Morgan fingerprint density at radius 2 is 1.90 bits per heavy atom. The van der Waals surface area contributed by atoms with Gasteiger partial charge in [0.1, 0.15) is 5.75 Å². The van der Waals surface area contributed by atoms with Gasteiger partial charge in [-0.1, -0.05) is 18.2 Å². The van der Waals surface area contributed by atoms with Crippen LogP contribution in [0.5, 0.6) is 5.75 Å². The van der Waals surface area contributed by atoms with Crippen LogP contribution >= 0.6 is 0 Å². The molecule has 5 nitrogen and oxygen atoms in total. The summed E-state index contributed by atoms with van der Waals surface area (Å²) >= 11 is 0. The number of benzene rings is 2. The van der Waals surface area contributed by atoms with Crippen molar-refractivity contribution in [1.82, 2.24) is 0 Å². The van der Waals surface area contributed by atoms with Gasteiger partial charge >= 0.3 is 0 Å². The van der Waals surface area contributed by atoms with Crippen molar-refractivity contribution < 1.29 is 9.66 Å². The largest absolute Gasteiger partial charge is 0.497 e. The number of nitro groups is 1. The molecule has 2 aromatic carbocycles. The minimum atomic E-state index is -0.367. The van der Waals surface area contributed by atoms with Crippen molar-refractivity contribution in [2.45, 2.75) is 13.5 Å². The summed E-state index contributed by atoms with van der Waals surface area (Å²) in [6.07, 6.45) is 0. The van der Waals surface area contributed by atoms with Crippen LogP contribution in [-0.4, -0.2) is 12.0 Å². The molecule has 20 heavy (non-hydrogen) atoms. The molecule has 0 unspecified atom stereocenters. The Hall–Kier alpha value is -2.56. The van der Waals surface area contributed by atoms with Crippen molar-refractivity contribution in [2.75, 3.05) is 12.4 Å². The zero-order valence-corrected chi connectivity index (χ0v) is 11.4. The number of anilines is 1. The predicted molar refractivity (Wildman–Crippen MR) is 78.2 cm³/mol. The molecular formula is C15H16N2O3. The lowest BCUT2D eigenvalue weighted by molar-refractivity contribution is -0.385. The van der Waals surface area contributed by atoms with Crippen LogP contribution in [0.1, 0.15) is 11.1 Å². The third-order valence-corrected chi connectivity index (χ3v) is 3.06. The molecule has 5 heteroatoms. The molecule has 0 aliphatic rings. The highest BCUT2D eigenvalue weighted by atomic mass is 16.6. The normalized spacial score (nSPS) is 10.1. The average molecular weight is 272 g/mol. The fourth-order valence-corrected chi connectivity index (χ4v) is 1.86. The number of methoxy groups -OCH3 is 1. The van der Waals surface area contributed by atoms with E-state index in [1.54, 1.807) is 26.2 Å². The number of hydrogen-bond acceptors (Lipinski definition) is 4. The van der Waals surface area contributed by atoms with Crippen LogP contribution in [0.2, 0.25) is 0 Å². The summed E-state index contributed by atoms with van der Waals surface area (Å²) in [5, 5.41) is 14.1. The molecule has 0 spiro atoms. The fraction of sp³-hybridized carbons (Fsp3) is 0.200. The van der Waals surface area contributed by atoms with E-state index >= 15 is 0 Å². The molecule has 2 aromatic rings. The van der Waals surface area contributed by atoms with Gasteiger partial charge in [-0.05, 0) is 30.7 Å². The lowest BCUT2D eigenvalue weighted by atomic mass is 10.1. The summed E-state index contributed by atoms with van der Waals surface area (Å²) in [4.78, 5) is 10.5. The van der Waals surface area contributed by atoms with E-state index in [9.17, 15) is 10.1 Å². The molecule has 0 aromatic heterocycles. The number of nitrogens with one attached hydrogen (secondary N) is 1. The second kappa shape index (κ2) is 6.06. The molecule has 1 N–H and O–H groups in total. The fourth-order valence-electron chi connectivity index (χ4n) is 1.86. The minimum Gasteiger partial charge on any atom is -0.497 e. The van der Waals surface area contributed by atoms with Gasteiger partial charge in [0.25, 0.3) is 5.69 Å². The molecular weight excluding hydrogens is 256 g/mol. The van der Waals surface area contributed by atoms with E-state index in [0.717, 1.165) is 17.0 Å². The van der Waals surface area contributed by atoms with E-state index in [4.69, 9.17) is 4.74 Å². The van der Waals surface area contributed by atoms with Crippen LogP contribution in [0, 0.1) is 17.0 Å². The summed E-state index contributed by atoms with van der Waals surface area (Å²) in [7, 11) is 1.62. The van der Waals surface area contributed by atoms with Gasteiger partial charge in [0, 0.05) is 23.9 Å². The Kier molecular flexibility index (Phi) is 4.20. The Morgan fingerprint density at radius 1 is 1.20 bits per heavy atom. The molecule has 0 atom stereocenters. The lowest BCUT2D eigenvalue weighted by Crippen LogP contribution is -2.00. The molecule has 0 fully saturated rings. The van der Waals surface area contributed by atoms with Crippen molar-refractivity contribution in [3.63, 3.8) is 0 Å². The first-order chi connectivity index (χ1) is 9.60. The lowest BCUT2D eigenvalue weighted by Gasteiger charge is -2.08. The summed E-state index contributed by atoms with van der Waals surface area (Å²) in [6.45, 7) is 2.33. The number of ether oxygens (including phenoxy) is 1. The summed E-state index contributed by atoms with van der Waals surface area (Å²) in [5.74, 6) is 0.805. The third kappa shape index (κ3) is 3.26. The molecule has 0 radical (unpaired) electrons. The van der Waals surface area contributed by atoms with E-state index in [1.165, 1.54) is 0 Å². The monoisotopic (exact) mass is 272 g/mol. The van der Waals surface area contributed by atoms with E-state index in [1.807, 2.05) is 30.3 Å². The first-order valence-electron chi connectivity index (χ1n) is 6.22. The standard InChI is InChI=1S/C15H16N2O3/c1-11-3-6-13(9-15(11)17(18)19)16-10-12-4-7-14(20-2)8-5-12/h3-9,16H,10H2,1-2H3. The SMILES string of the molecule is COc1ccc(CNc2ccc(C)c([N+](=O)[O-])c2)cc1. The average Bonchev–Trinajstić information content (AvgIpc) is 2.46. The minimum absolute atomic E-state index is 0.129. The van der Waals surface area contributed by atoms with Crippen molar-refractivity contribution >= 4 is 11.4 Å².